The summed E-state index contributed by atoms with van der Waals surface area (Å²) in [7, 11) is 0. The minimum Gasteiger partial charge on any atom is -0.508 e. The van der Waals surface area contributed by atoms with Gasteiger partial charge in [-0.25, -0.2) is 4.98 Å². The maximum Gasteiger partial charge on any atom is 0.262 e. The van der Waals surface area contributed by atoms with Gasteiger partial charge in [0.05, 0.1) is 10.9 Å². The molecule has 1 aliphatic rings. The maximum absolute atomic E-state index is 12.5. The number of fused-ring (bicyclic) bond motifs is 1. The van der Waals surface area contributed by atoms with E-state index in [0.29, 0.717) is 23.4 Å². The summed E-state index contributed by atoms with van der Waals surface area (Å²) in [6, 6.07) is 4.54. The summed E-state index contributed by atoms with van der Waals surface area (Å²) >= 11 is 6.14. The number of halogens is 1. The largest absolute Gasteiger partial charge is 0.508 e. The number of piperidine rings is 1. The lowest BCUT2D eigenvalue weighted by atomic mass is 10.00. The van der Waals surface area contributed by atoms with Crippen LogP contribution in [0.15, 0.2) is 23.0 Å². The molecular weight excluding hydrogens is 278 g/mol. The number of nitrogens with one attached hydrogen (secondary N) is 1. The molecule has 3 rings (SSSR count). The van der Waals surface area contributed by atoms with Gasteiger partial charge in [0.25, 0.3) is 5.56 Å². The van der Waals surface area contributed by atoms with E-state index in [4.69, 9.17) is 11.6 Å². The monoisotopic (exact) mass is 293 g/mol. The van der Waals surface area contributed by atoms with E-state index in [0.717, 1.165) is 25.9 Å². The Morgan fingerprint density at radius 2 is 2.35 bits per heavy atom. The molecule has 1 aromatic heterocycles. The summed E-state index contributed by atoms with van der Waals surface area (Å²) in [5, 5.41) is 13.4. The van der Waals surface area contributed by atoms with Crippen LogP contribution in [0.25, 0.3) is 10.9 Å². The minimum atomic E-state index is -0.193. The second kappa shape index (κ2) is 5.42. The van der Waals surface area contributed by atoms with Gasteiger partial charge in [0.1, 0.15) is 5.75 Å². The molecule has 2 N–H and O–H groups in total. The fraction of sp³-hybridized carbons (Fsp3) is 0.429. The molecule has 20 heavy (non-hydrogen) atoms. The molecule has 106 valence electrons. The molecule has 1 aromatic carbocycles. The van der Waals surface area contributed by atoms with Gasteiger partial charge in [0, 0.05) is 6.54 Å². The van der Waals surface area contributed by atoms with Crippen molar-refractivity contribution in [2.45, 2.75) is 19.4 Å². The van der Waals surface area contributed by atoms with E-state index in [9.17, 15) is 9.90 Å². The average Bonchev–Trinajstić information content (AvgIpc) is 2.46. The fourth-order valence-corrected chi connectivity index (χ4v) is 2.91. The zero-order valence-electron chi connectivity index (χ0n) is 11.0. The molecule has 1 unspecified atom stereocenters. The van der Waals surface area contributed by atoms with Crippen LogP contribution >= 0.6 is 11.6 Å². The van der Waals surface area contributed by atoms with Crippen LogP contribution in [0.1, 0.15) is 12.8 Å². The van der Waals surface area contributed by atoms with Gasteiger partial charge in [-0.3, -0.25) is 9.36 Å². The van der Waals surface area contributed by atoms with Crippen LogP contribution in [0.5, 0.6) is 5.75 Å². The number of benzene rings is 1. The molecule has 0 bridgehead atoms. The third kappa shape index (κ3) is 2.51. The summed E-state index contributed by atoms with van der Waals surface area (Å²) < 4.78 is 1.50. The highest BCUT2D eigenvalue weighted by Gasteiger charge is 2.17. The van der Waals surface area contributed by atoms with Crippen LogP contribution in [0, 0.1) is 5.92 Å². The molecule has 0 spiro atoms. The summed E-state index contributed by atoms with van der Waals surface area (Å²) in [6.07, 6.45) is 2.19. The van der Waals surface area contributed by atoms with Gasteiger partial charge in [0.15, 0.2) is 0 Å². The van der Waals surface area contributed by atoms with Crippen LogP contribution in [0.2, 0.25) is 5.28 Å². The number of hydrogen-bond acceptors (Lipinski definition) is 4. The molecule has 2 aromatic rings. The van der Waals surface area contributed by atoms with Crippen molar-refractivity contribution >= 4 is 22.5 Å². The van der Waals surface area contributed by atoms with Gasteiger partial charge < -0.3 is 10.4 Å². The normalized spacial score (nSPS) is 19.4. The second-order valence-corrected chi connectivity index (χ2v) is 5.55. The zero-order valence-corrected chi connectivity index (χ0v) is 11.7. The number of nitrogens with zero attached hydrogens (tertiary/aromatic N) is 2. The van der Waals surface area contributed by atoms with E-state index in [2.05, 4.69) is 10.3 Å². The molecule has 5 nitrogen and oxygen atoms in total. The number of phenolic OH excluding ortho intramolecular Hbond substituents is 1. The van der Waals surface area contributed by atoms with Crippen molar-refractivity contribution < 1.29 is 5.11 Å². The van der Waals surface area contributed by atoms with Gasteiger partial charge in [-0.05, 0) is 61.6 Å². The summed E-state index contributed by atoms with van der Waals surface area (Å²) in [6.45, 7) is 2.48. The molecule has 0 radical (unpaired) electrons. The van der Waals surface area contributed by atoms with E-state index >= 15 is 0 Å². The number of aromatic nitrogens is 2. The van der Waals surface area contributed by atoms with Crippen molar-refractivity contribution in [3.8, 4) is 5.75 Å². The minimum absolute atomic E-state index is 0.0598. The van der Waals surface area contributed by atoms with E-state index in [-0.39, 0.29) is 16.6 Å². The fourth-order valence-electron chi connectivity index (χ4n) is 2.68. The molecule has 0 amide bonds. The second-order valence-electron chi connectivity index (χ2n) is 5.21. The molecule has 0 aliphatic carbocycles. The van der Waals surface area contributed by atoms with Crippen LogP contribution in [0.3, 0.4) is 0 Å². The van der Waals surface area contributed by atoms with Crippen molar-refractivity contribution in [3.63, 3.8) is 0 Å². The first-order chi connectivity index (χ1) is 9.65. The quantitative estimate of drug-likeness (QED) is 0.828. The Hall–Kier alpha value is -1.59. The van der Waals surface area contributed by atoms with Crippen LogP contribution in [-0.2, 0) is 6.54 Å². The topological polar surface area (TPSA) is 67.1 Å². The van der Waals surface area contributed by atoms with Crippen molar-refractivity contribution in [2.75, 3.05) is 13.1 Å². The zero-order chi connectivity index (χ0) is 14.1. The highest BCUT2D eigenvalue weighted by molar-refractivity contribution is 6.28. The van der Waals surface area contributed by atoms with Gasteiger partial charge in [-0.2, -0.15) is 0 Å². The SMILES string of the molecule is O=c1c2cc(O)ccc2nc(Cl)n1CC1CCCNC1. The van der Waals surface area contributed by atoms with Crippen LogP contribution in [0.4, 0.5) is 0 Å². The Morgan fingerprint density at radius 1 is 1.50 bits per heavy atom. The Kier molecular flexibility index (Phi) is 3.63. The predicted molar refractivity (Wildman–Crippen MR) is 78.3 cm³/mol. The Balaban J connectivity index is 2.03. The van der Waals surface area contributed by atoms with Gasteiger partial charge in [0.2, 0.25) is 5.28 Å². The summed E-state index contributed by atoms with van der Waals surface area (Å²) in [4.78, 5) is 16.7. The Bertz CT molecular complexity index is 693. The number of hydrogen-bond donors (Lipinski definition) is 2. The lowest BCUT2D eigenvalue weighted by molar-refractivity contribution is 0.333. The van der Waals surface area contributed by atoms with E-state index < -0.39 is 0 Å². The van der Waals surface area contributed by atoms with Gasteiger partial charge in [-0.15, -0.1) is 0 Å². The van der Waals surface area contributed by atoms with Crippen molar-refractivity contribution in [1.29, 1.82) is 0 Å². The van der Waals surface area contributed by atoms with Crippen LogP contribution < -0.4 is 10.9 Å². The first kappa shape index (κ1) is 13.4. The van der Waals surface area contributed by atoms with Crippen molar-refractivity contribution in [2.24, 2.45) is 5.92 Å². The van der Waals surface area contributed by atoms with Gasteiger partial charge >= 0.3 is 0 Å². The highest BCUT2D eigenvalue weighted by Crippen LogP contribution is 2.19. The molecule has 0 saturated carbocycles. The number of phenols is 1. The van der Waals surface area contributed by atoms with Crippen molar-refractivity contribution in [3.05, 3.63) is 33.8 Å². The molecule has 6 heteroatoms. The number of rotatable bonds is 2. The molecule has 2 heterocycles. The third-order valence-corrected chi connectivity index (χ3v) is 4.02. The Morgan fingerprint density at radius 3 is 3.10 bits per heavy atom. The lowest BCUT2D eigenvalue weighted by Crippen LogP contribution is -2.35. The molecule has 1 aliphatic heterocycles. The summed E-state index contributed by atoms with van der Waals surface area (Å²) in [5.41, 5.74) is 0.317. The van der Waals surface area contributed by atoms with E-state index in [1.165, 1.54) is 16.7 Å². The first-order valence-corrected chi connectivity index (χ1v) is 7.13. The predicted octanol–water partition coefficient (Wildman–Crippen LogP) is 1.76. The van der Waals surface area contributed by atoms with Gasteiger partial charge in [-0.1, -0.05) is 0 Å². The lowest BCUT2D eigenvalue weighted by Gasteiger charge is -2.23. The van der Waals surface area contributed by atoms with Crippen LogP contribution in [-0.4, -0.2) is 27.7 Å². The standard InChI is InChI=1S/C14H16ClN3O2/c15-14-17-12-4-3-10(19)6-11(12)13(20)18(14)8-9-2-1-5-16-7-9/h3-4,6,9,16,19H,1-2,5,7-8H2. The average molecular weight is 294 g/mol. The van der Waals surface area contributed by atoms with E-state index in [1.807, 2.05) is 0 Å². The first-order valence-electron chi connectivity index (χ1n) is 6.75. The highest BCUT2D eigenvalue weighted by atomic mass is 35.5. The maximum atomic E-state index is 12.5. The number of aromatic hydroxyl groups is 1. The van der Waals surface area contributed by atoms with Crippen molar-refractivity contribution in [1.82, 2.24) is 14.9 Å². The Labute approximate surface area is 121 Å². The van der Waals surface area contributed by atoms with E-state index in [1.54, 1.807) is 6.07 Å². The summed E-state index contributed by atoms with van der Waals surface area (Å²) in [5.74, 6) is 0.445. The third-order valence-electron chi connectivity index (χ3n) is 3.73. The molecule has 1 saturated heterocycles. The molecule has 1 atom stereocenters. The smallest absolute Gasteiger partial charge is 0.262 e. The molecule has 1 fully saturated rings. The molecular formula is C14H16ClN3O2.